The van der Waals surface area contributed by atoms with Crippen molar-refractivity contribution in [1.82, 2.24) is 0 Å². The normalized spacial score (nSPS) is 11.6. The number of nitrogens with two attached hydrogens (primary N) is 1. The standard InChI is InChI=1S/C13H10ClF2NO2S/c14-10-3-1-8(5-11(10)16)7-20(18,19)13-4-2-9(15)6-12(13)17/h1-6H,7,17H2. The Hall–Kier alpha value is -1.66. The zero-order valence-corrected chi connectivity index (χ0v) is 11.7. The van der Waals surface area contributed by atoms with Crippen LogP contribution in [0.2, 0.25) is 5.02 Å². The van der Waals surface area contributed by atoms with Gasteiger partial charge in [-0.2, -0.15) is 0 Å². The van der Waals surface area contributed by atoms with Gasteiger partial charge in [-0.3, -0.25) is 0 Å². The lowest BCUT2D eigenvalue weighted by atomic mass is 10.2. The number of rotatable bonds is 3. The maximum atomic E-state index is 13.3. The summed E-state index contributed by atoms with van der Waals surface area (Å²) in [7, 11) is -3.79. The molecule has 106 valence electrons. The van der Waals surface area contributed by atoms with Gasteiger partial charge in [-0.25, -0.2) is 17.2 Å². The van der Waals surface area contributed by atoms with Crippen molar-refractivity contribution in [3.8, 4) is 0 Å². The van der Waals surface area contributed by atoms with E-state index in [-0.39, 0.29) is 21.2 Å². The molecule has 0 saturated heterocycles. The van der Waals surface area contributed by atoms with Crippen molar-refractivity contribution >= 4 is 27.1 Å². The third-order valence-electron chi connectivity index (χ3n) is 2.65. The number of nitrogen functional groups attached to an aromatic ring is 1. The van der Waals surface area contributed by atoms with Crippen LogP contribution in [-0.2, 0) is 15.6 Å². The number of hydrogen-bond acceptors (Lipinski definition) is 3. The smallest absolute Gasteiger partial charge is 0.184 e. The van der Waals surface area contributed by atoms with E-state index in [0.29, 0.717) is 0 Å². The van der Waals surface area contributed by atoms with E-state index in [1.54, 1.807) is 0 Å². The molecule has 0 radical (unpaired) electrons. The number of benzene rings is 2. The van der Waals surface area contributed by atoms with Crippen LogP contribution in [0, 0.1) is 11.6 Å². The summed E-state index contributed by atoms with van der Waals surface area (Å²) in [6, 6.07) is 6.74. The van der Waals surface area contributed by atoms with Crippen molar-refractivity contribution in [1.29, 1.82) is 0 Å². The van der Waals surface area contributed by atoms with Gasteiger partial charge >= 0.3 is 0 Å². The third kappa shape index (κ3) is 3.08. The molecular formula is C13H10ClF2NO2S. The summed E-state index contributed by atoms with van der Waals surface area (Å²) in [6.07, 6.45) is 0. The highest BCUT2D eigenvalue weighted by atomic mass is 35.5. The summed E-state index contributed by atoms with van der Waals surface area (Å²) < 4.78 is 50.6. The van der Waals surface area contributed by atoms with Crippen LogP contribution in [0.5, 0.6) is 0 Å². The first-order valence-corrected chi connectivity index (χ1v) is 7.54. The van der Waals surface area contributed by atoms with Crippen LogP contribution in [-0.4, -0.2) is 8.42 Å². The lowest BCUT2D eigenvalue weighted by Gasteiger charge is -2.08. The molecule has 0 fully saturated rings. The minimum atomic E-state index is -3.79. The van der Waals surface area contributed by atoms with E-state index >= 15 is 0 Å². The number of halogens is 3. The molecule has 0 heterocycles. The topological polar surface area (TPSA) is 60.2 Å². The first-order valence-electron chi connectivity index (χ1n) is 5.51. The molecule has 0 atom stereocenters. The average Bonchev–Trinajstić information content (AvgIpc) is 2.33. The molecule has 0 aliphatic carbocycles. The zero-order chi connectivity index (χ0) is 14.9. The maximum Gasteiger partial charge on any atom is 0.184 e. The van der Waals surface area contributed by atoms with Crippen LogP contribution in [0.25, 0.3) is 0 Å². The molecule has 20 heavy (non-hydrogen) atoms. The zero-order valence-electron chi connectivity index (χ0n) is 10.1. The van der Waals surface area contributed by atoms with Gasteiger partial charge in [0, 0.05) is 0 Å². The first-order chi connectivity index (χ1) is 9.29. The lowest BCUT2D eigenvalue weighted by Crippen LogP contribution is -2.08. The Morgan fingerprint density at radius 1 is 1.10 bits per heavy atom. The number of sulfone groups is 1. The van der Waals surface area contributed by atoms with Crippen LogP contribution < -0.4 is 5.73 Å². The van der Waals surface area contributed by atoms with Gasteiger partial charge in [-0.1, -0.05) is 17.7 Å². The lowest BCUT2D eigenvalue weighted by molar-refractivity contribution is 0.594. The minimum absolute atomic E-state index is 0.0903. The van der Waals surface area contributed by atoms with Crippen LogP contribution in [0.3, 0.4) is 0 Å². The summed E-state index contributed by atoms with van der Waals surface area (Å²) in [5.41, 5.74) is 5.55. The monoisotopic (exact) mass is 317 g/mol. The van der Waals surface area contributed by atoms with Crippen molar-refractivity contribution in [3.63, 3.8) is 0 Å². The molecule has 2 rings (SSSR count). The van der Waals surface area contributed by atoms with Gasteiger partial charge in [0.15, 0.2) is 9.84 Å². The summed E-state index contributed by atoms with van der Waals surface area (Å²) in [5.74, 6) is -1.78. The Kier molecular flexibility index (Phi) is 3.96. The number of anilines is 1. The highest BCUT2D eigenvalue weighted by Gasteiger charge is 2.19. The van der Waals surface area contributed by atoms with Crippen molar-refractivity contribution < 1.29 is 17.2 Å². The molecule has 0 amide bonds. The van der Waals surface area contributed by atoms with E-state index in [4.69, 9.17) is 17.3 Å². The summed E-state index contributed by atoms with van der Waals surface area (Å²) >= 11 is 5.53. The molecule has 0 aliphatic heterocycles. The van der Waals surface area contributed by atoms with E-state index in [1.165, 1.54) is 12.1 Å². The van der Waals surface area contributed by atoms with Crippen LogP contribution >= 0.6 is 11.6 Å². The van der Waals surface area contributed by atoms with E-state index < -0.39 is 27.2 Å². The molecule has 0 aliphatic rings. The molecule has 3 nitrogen and oxygen atoms in total. The highest BCUT2D eigenvalue weighted by Crippen LogP contribution is 2.24. The van der Waals surface area contributed by atoms with Gasteiger partial charge in [-0.15, -0.1) is 0 Å². The number of hydrogen-bond donors (Lipinski definition) is 1. The van der Waals surface area contributed by atoms with Gasteiger partial charge in [-0.05, 0) is 35.9 Å². The fourth-order valence-corrected chi connectivity index (χ4v) is 3.31. The second-order valence-corrected chi connectivity index (χ2v) is 6.55. The molecular weight excluding hydrogens is 308 g/mol. The third-order valence-corrected chi connectivity index (χ3v) is 4.71. The minimum Gasteiger partial charge on any atom is -0.398 e. The van der Waals surface area contributed by atoms with Crippen LogP contribution in [0.15, 0.2) is 41.3 Å². The van der Waals surface area contributed by atoms with E-state index in [9.17, 15) is 17.2 Å². The highest BCUT2D eigenvalue weighted by molar-refractivity contribution is 7.90. The molecule has 0 unspecified atom stereocenters. The van der Waals surface area contributed by atoms with Crippen molar-refractivity contribution in [2.45, 2.75) is 10.6 Å². The van der Waals surface area contributed by atoms with Crippen molar-refractivity contribution in [3.05, 3.63) is 58.6 Å². The van der Waals surface area contributed by atoms with Gasteiger partial charge in [0.05, 0.1) is 21.4 Å². The Morgan fingerprint density at radius 2 is 1.80 bits per heavy atom. The maximum absolute atomic E-state index is 13.3. The van der Waals surface area contributed by atoms with Gasteiger partial charge in [0.25, 0.3) is 0 Å². The Bertz CT molecular complexity index is 763. The van der Waals surface area contributed by atoms with Gasteiger partial charge in [0.1, 0.15) is 11.6 Å². The van der Waals surface area contributed by atoms with E-state index in [1.807, 2.05) is 0 Å². The Balaban J connectivity index is 2.38. The largest absolute Gasteiger partial charge is 0.398 e. The van der Waals surface area contributed by atoms with Crippen molar-refractivity contribution in [2.75, 3.05) is 5.73 Å². The fourth-order valence-electron chi connectivity index (χ4n) is 1.73. The second-order valence-electron chi connectivity index (χ2n) is 4.19. The molecule has 2 N–H and O–H groups in total. The first kappa shape index (κ1) is 14.7. The van der Waals surface area contributed by atoms with Gasteiger partial charge in [0.2, 0.25) is 0 Å². The molecule has 7 heteroatoms. The van der Waals surface area contributed by atoms with Crippen molar-refractivity contribution in [2.24, 2.45) is 0 Å². The van der Waals surface area contributed by atoms with E-state index in [2.05, 4.69) is 0 Å². The molecule has 0 spiro atoms. The molecule has 0 aromatic heterocycles. The fraction of sp³-hybridized carbons (Fsp3) is 0.0769. The molecule has 2 aromatic rings. The summed E-state index contributed by atoms with van der Waals surface area (Å²) in [6.45, 7) is 0. The van der Waals surface area contributed by atoms with Crippen LogP contribution in [0.4, 0.5) is 14.5 Å². The van der Waals surface area contributed by atoms with Gasteiger partial charge < -0.3 is 5.73 Å². The molecule has 0 bridgehead atoms. The SMILES string of the molecule is Nc1cc(F)ccc1S(=O)(=O)Cc1ccc(Cl)c(F)c1. The van der Waals surface area contributed by atoms with Crippen LogP contribution in [0.1, 0.15) is 5.56 Å². The predicted molar refractivity (Wildman–Crippen MR) is 73.1 cm³/mol. The molecule has 2 aromatic carbocycles. The average molecular weight is 318 g/mol. The Morgan fingerprint density at radius 3 is 2.40 bits per heavy atom. The Labute approximate surface area is 119 Å². The molecule has 0 saturated carbocycles. The quantitative estimate of drug-likeness (QED) is 0.698. The summed E-state index contributed by atoms with van der Waals surface area (Å²) in [5, 5.41) is -0.0903. The second kappa shape index (κ2) is 5.38. The summed E-state index contributed by atoms with van der Waals surface area (Å²) in [4.78, 5) is -0.186. The van der Waals surface area contributed by atoms with E-state index in [0.717, 1.165) is 24.3 Å². The predicted octanol–water partition coefficient (Wildman–Crippen LogP) is 3.17.